The van der Waals surface area contributed by atoms with E-state index in [9.17, 15) is 0 Å². The van der Waals surface area contributed by atoms with Crippen molar-refractivity contribution in [1.29, 1.82) is 0 Å². The molecule has 0 amide bonds. The normalized spacial score (nSPS) is 10.4. The van der Waals surface area contributed by atoms with E-state index in [0.717, 1.165) is 11.4 Å². The summed E-state index contributed by atoms with van der Waals surface area (Å²) in [5, 5.41) is 11.7. The second-order valence-electron chi connectivity index (χ2n) is 3.46. The maximum Gasteiger partial charge on any atom is 0.205 e. The molecule has 82 valence electrons. The number of hydrogen-bond donors (Lipinski definition) is 0. The van der Waals surface area contributed by atoms with Crippen molar-refractivity contribution in [3.8, 4) is 17.2 Å². The molecule has 0 saturated carbocycles. The number of aromatic nitrogens is 5. The molecule has 5 nitrogen and oxygen atoms in total. The lowest BCUT2D eigenvalue weighted by molar-refractivity contribution is 0.790. The average Bonchev–Trinajstić information content (AvgIpc) is 2.90. The standard InChI is InChI=1S/C12H9N5/c1-2-6-10(7-3-1)17-12(14-15-16-17)11-8-4-5-9-13-11/h1-9H. The van der Waals surface area contributed by atoms with E-state index in [-0.39, 0.29) is 0 Å². The fourth-order valence-electron chi connectivity index (χ4n) is 1.58. The first-order valence-corrected chi connectivity index (χ1v) is 5.20. The first-order chi connectivity index (χ1) is 8.45. The van der Waals surface area contributed by atoms with Crippen LogP contribution in [0.4, 0.5) is 0 Å². The van der Waals surface area contributed by atoms with Crippen LogP contribution in [0.2, 0.25) is 0 Å². The summed E-state index contributed by atoms with van der Waals surface area (Å²) in [6.45, 7) is 0. The monoisotopic (exact) mass is 223 g/mol. The highest BCUT2D eigenvalue weighted by molar-refractivity contribution is 5.51. The molecule has 0 N–H and O–H groups in total. The summed E-state index contributed by atoms with van der Waals surface area (Å²) >= 11 is 0. The number of nitrogens with zero attached hydrogens (tertiary/aromatic N) is 5. The highest BCUT2D eigenvalue weighted by Crippen LogP contribution is 2.15. The molecule has 0 fully saturated rings. The van der Waals surface area contributed by atoms with Gasteiger partial charge in [0.2, 0.25) is 5.82 Å². The van der Waals surface area contributed by atoms with Crippen LogP contribution in [0.3, 0.4) is 0 Å². The SMILES string of the molecule is c1ccc(-n2nnnc2-c2ccccn2)cc1. The molecule has 0 aliphatic heterocycles. The quantitative estimate of drug-likeness (QED) is 0.663. The van der Waals surface area contributed by atoms with E-state index in [1.54, 1.807) is 10.9 Å². The molecule has 3 aromatic rings. The third-order valence-corrected chi connectivity index (χ3v) is 2.36. The molecule has 0 radical (unpaired) electrons. The van der Waals surface area contributed by atoms with Crippen molar-refractivity contribution >= 4 is 0 Å². The van der Waals surface area contributed by atoms with E-state index < -0.39 is 0 Å². The third-order valence-electron chi connectivity index (χ3n) is 2.36. The third kappa shape index (κ3) is 1.78. The summed E-state index contributed by atoms with van der Waals surface area (Å²) in [6.07, 6.45) is 1.72. The molecule has 2 aromatic heterocycles. The van der Waals surface area contributed by atoms with Gasteiger partial charge in [-0.15, -0.1) is 5.10 Å². The molecule has 1 aromatic carbocycles. The van der Waals surface area contributed by atoms with Gasteiger partial charge in [0.25, 0.3) is 0 Å². The molecule has 5 heteroatoms. The number of benzene rings is 1. The maximum absolute atomic E-state index is 4.24. The van der Waals surface area contributed by atoms with E-state index in [1.807, 2.05) is 48.5 Å². The van der Waals surface area contributed by atoms with Crippen molar-refractivity contribution in [3.63, 3.8) is 0 Å². The average molecular weight is 223 g/mol. The fourth-order valence-corrected chi connectivity index (χ4v) is 1.58. The van der Waals surface area contributed by atoms with Gasteiger partial charge in [0.15, 0.2) is 0 Å². The molecule has 0 aliphatic rings. The Hall–Kier alpha value is -2.56. The number of rotatable bonds is 2. The van der Waals surface area contributed by atoms with Crippen LogP contribution in [0.5, 0.6) is 0 Å². The maximum atomic E-state index is 4.24. The Balaban J connectivity index is 2.13. The summed E-state index contributed by atoms with van der Waals surface area (Å²) < 4.78 is 1.67. The Kier molecular flexibility index (Phi) is 2.34. The van der Waals surface area contributed by atoms with Crippen molar-refractivity contribution in [1.82, 2.24) is 25.2 Å². The largest absolute Gasteiger partial charge is 0.253 e. The van der Waals surface area contributed by atoms with Crippen LogP contribution in [0, 0.1) is 0 Å². The molecule has 0 saturated heterocycles. The Bertz CT molecular complexity index is 549. The number of tetrazole rings is 1. The zero-order valence-corrected chi connectivity index (χ0v) is 8.93. The van der Waals surface area contributed by atoms with Crippen molar-refractivity contribution in [2.45, 2.75) is 0 Å². The Morgan fingerprint density at radius 3 is 2.47 bits per heavy atom. The second kappa shape index (κ2) is 4.13. The summed E-state index contributed by atoms with van der Waals surface area (Å²) in [4.78, 5) is 4.24. The molecule has 2 heterocycles. The molecule has 0 atom stereocenters. The van der Waals surface area contributed by atoms with E-state index in [4.69, 9.17) is 0 Å². The molecule has 0 spiro atoms. The van der Waals surface area contributed by atoms with E-state index >= 15 is 0 Å². The van der Waals surface area contributed by atoms with Gasteiger partial charge in [0.1, 0.15) is 5.69 Å². The van der Waals surface area contributed by atoms with Gasteiger partial charge < -0.3 is 0 Å². The summed E-state index contributed by atoms with van der Waals surface area (Å²) in [5.41, 5.74) is 1.67. The van der Waals surface area contributed by atoms with Crippen molar-refractivity contribution in [2.24, 2.45) is 0 Å². The molecule has 0 aliphatic carbocycles. The van der Waals surface area contributed by atoms with Gasteiger partial charge in [-0.2, -0.15) is 4.68 Å². The first-order valence-electron chi connectivity index (χ1n) is 5.20. The van der Waals surface area contributed by atoms with Gasteiger partial charge >= 0.3 is 0 Å². The van der Waals surface area contributed by atoms with Gasteiger partial charge in [-0.05, 0) is 34.7 Å². The van der Waals surface area contributed by atoms with Crippen LogP contribution in [-0.2, 0) is 0 Å². The van der Waals surface area contributed by atoms with Crippen LogP contribution >= 0.6 is 0 Å². The number of hydrogen-bond acceptors (Lipinski definition) is 4. The zero-order chi connectivity index (χ0) is 11.5. The molecule has 17 heavy (non-hydrogen) atoms. The van der Waals surface area contributed by atoms with Crippen molar-refractivity contribution < 1.29 is 0 Å². The smallest absolute Gasteiger partial charge is 0.205 e. The van der Waals surface area contributed by atoms with Gasteiger partial charge in [-0.3, -0.25) is 4.98 Å². The summed E-state index contributed by atoms with van der Waals surface area (Å²) in [7, 11) is 0. The zero-order valence-electron chi connectivity index (χ0n) is 8.93. The Labute approximate surface area is 97.7 Å². The van der Waals surface area contributed by atoms with Crippen LogP contribution in [0.25, 0.3) is 17.2 Å². The fraction of sp³-hybridized carbons (Fsp3) is 0. The summed E-state index contributed by atoms with van der Waals surface area (Å²) in [6, 6.07) is 15.4. The van der Waals surface area contributed by atoms with Gasteiger partial charge in [-0.25, -0.2) is 0 Å². The van der Waals surface area contributed by atoms with Crippen LogP contribution in [0.15, 0.2) is 54.7 Å². The van der Waals surface area contributed by atoms with E-state index in [0.29, 0.717) is 5.82 Å². The molecular formula is C12H9N5. The lowest BCUT2D eigenvalue weighted by atomic mass is 10.3. The minimum Gasteiger partial charge on any atom is -0.253 e. The van der Waals surface area contributed by atoms with Gasteiger partial charge in [0.05, 0.1) is 5.69 Å². The predicted octanol–water partition coefficient (Wildman–Crippen LogP) is 1.72. The van der Waals surface area contributed by atoms with E-state index in [2.05, 4.69) is 20.5 Å². The van der Waals surface area contributed by atoms with Crippen LogP contribution < -0.4 is 0 Å². The molecule has 0 unspecified atom stereocenters. The lowest BCUT2D eigenvalue weighted by Crippen LogP contribution is -2.00. The minimum atomic E-state index is 0.636. The van der Waals surface area contributed by atoms with Crippen molar-refractivity contribution in [2.75, 3.05) is 0 Å². The predicted molar refractivity (Wildman–Crippen MR) is 62.4 cm³/mol. The molecular weight excluding hydrogens is 214 g/mol. The van der Waals surface area contributed by atoms with Gasteiger partial charge in [0, 0.05) is 6.20 Å². The van der Waals surface area contributed by atoms with E-state index in [1.165, 1.54) is 0 Å². The Morgan fingerprint density at radius 2 is 1.71 bits per heavy atom. The molecule has 0 bridgehead atoms. The van der Waals surface area contributed by atoms with Crippen LogP contribution in [-0.4, -0.2) is 25.2 Å². The topological polar surface area (TPSA) is 56.5 Å². The number of pyridine rings is 1. The van der Waals surface area contributed by atoms with Crippen molar-refractivity contribution in [3.05, 3.63) is 54.7 Å². The van der Waals surface area contributed by atoms with Crippen LogP contribution in [0.1, 0.15) is 0 Å². The second-order valence-corrected chi connectivity index (χ2v) is 3.46. The Morgan fingerprint density at radius 1 is 0.882 bits per heavy atom. The van der Waals surface area contributed by atoms with Gasteiger partial charge in [-0.1, -0.05) is 24.3 Å². The lowest BCUT2D eigenvalue weighted by Gasteiger charge is -2.02. The first kappa shape index (κ1) is 9.65. The highest BCUT2D eigenvalue weighted by Gasteiger charge is 2.10. The highest BCUT2D eigenvalue weighted by atomic mass is 15.5. The summed E-state index contributed by atoms with van der Waals surface area (Å²) in [5.74, 6) is 0.636. The minimum absolute atomic E-state index is 0.636. The number of para-hydroxylation sites is 1. The molecule has 3 rings (SSSR count).